The summed E-state index contributed by atoms with van der Waals surface area (Å²) in [6.07, 6.45) is 0.827. The molecule has 1 fully saturated rings. The van der Waals surface area contributed by atoms with Crippen LogP contribution in [0.1, 0.15) is 24.9 Å². The van der Waals surface area contributed by atoms with Crippen molar-refractivity contribution in [1.29, 1.82) is 0 Å². The van der Waals surface area contributed by atoms with E-state index in [1.807, 2.05) is 31.2 Å². The van der Waals surface area contributed by atoms with Gasteiger partial charge in [-0.2, -0.15) is 0 Å². The first-order chi connectivity index (χ1) is 9.65. The maximum Gasteiger partial charge on any atom is 0.237 e. The Kier molecular flexibility index (Phi) is 4.98. The van der Waals surface area contributed by atoms with Gasteiger partial charge in [0.05, 0.1) is 25.3 Å². The molecule has 0 spiro atoms. The van der Waals surface area contributed by atoms with Crippen molar-refractivity contribution in [2.45, 2.75) is 31.5 Å². The second kappa shape index (κ2) is 6.72. The minimum absolute atomic E-state index is 0.00274. The third-order valence-electron chi connectivity index (χ3n) is 3.70. The van der Waals surface area contributed by atoms with Gasteiger partial charge >= 0.3 is 0 Å². The lowest BCUT2D eigenvalue weighted by molar-refractivity contribution is -0.123. The van der Waals surface area contributed by atoms with Crippen LogP contribution in [-0.2, 0) is 9.53 Å². The van der Waals surface area contributed by atoms with Gasteiger partial charge in [-0.05, 0) is 19.4 Å². The molecule has 20 heavy (non-hydrogen) atoms. The molecule has 1 aliphatic rings. The molecular formula is C15H22N2O3. The Balaban J connectivity index is 1.97. The smallest absolute Gasteiger partial charge is 0.237 e. The maximum absolute atomic E-state index is 12.2. The largest absolute Gasteiger partial charge is 0.496 e. The molecule has 1 aromatic rings. The van der Waals surface area contributed by atoms with Gasteiger partial charge < -0.3 is 20.1 Å². The van der Waals surface area contributed by atoms with E-state index in [2.05, 4.69) is 10.6 Å². The van der Waals surface area contributed by atoms with Crippen molar-refractivity contribution < 1.29 is 14.3 Å². The Morgan fingerprint density at radius 2 is 2.15 bits per heavy atom. The van der Waals surface area contributed by atoms with Crippen LogP contribution < -0.4 is 15.4 Å². The number of amides is 1. The summed E-state index contributed by atoms with van der Waals surface area (Å²) in [5.74, 6) is 0.789. The van der Waals surface area contributed by atoms with Crippen LogP contribution in [0.5, 0.6) is 5.75 Å². The zero-order valence-electron chi connectivity index (χ0n) is 12.2. The molecule has 5 nitrogen and oxygen atoms in total. The quantitative estimate of drug-likeness (QED) is 0.851. The van der Waals surface area contributed by atoms with Crippen LogP contribution in [0.25, 0.3) is 0 Å². The molecule has 5 heteroatoms. The molecule has 1 saturated heterocycles. The SMILES string of the molecule is COc1ccccc1[C@H](C)NC(=O)C1CC(OC)CN1. The van der Waals surface area contributed by atoms with Gasteiger partial charge in [0.2, 0.25) is 5.91 Å². The maximum atomic E-state index is 12.2. The predicted octanol–water partition coefficient (Wildman–Crippen LogP) is 1.25. The number of benzene rings is 1. The Hall–Kier alpha value is -1.59. The molecule has 1 aliphatic heterocycles. The van der Waals surface area contributed by atoms with Crippen LogP contribution in [0.15, 0.2) is 24.3 Å². The fourth-order valence-electron chi connectivity index (χ4n) is 2.50. The normalized spacial score (nSPS) is 23.4. The van der Waals surface area contributed by atoms with Gasteiger partial charge in [-0.15, -0.1) is 0 Å². The molecule has 2 N–H and O–H groups in total. The summed E-state index contributed by atoms with van der Waals surface area (Å²) in [7, 11) is 3.30. The molecule has 0 bridgehead atoms. The number of para-hydroxylation sites is 1. The van der Waals surface area contributed by atoms with E-state index in [4.69, 9.17) is 9.47 Å². The first-order valence-electron chi connectivity index (χ1n) is 6.85. The first kappa shape index (κ1) is 14.8. The molecule has 1 amide bonds. The van der Waals surface area contributed by atoms with Crippen LogP contribution in [0.3, 0.4) is 0 Å². The van der Waals surface area contributed by atoms with E-state index in [9.17, 15) is 4.79 Å². The molecule has 0 aliphatic carbocycles. The topological polar surface area (TPSA) is 59.6 Å². The zero-order chi connectivity index (χ0) is 14.5. The van der Waals surface area contributed by atoms with Crippen molar-refractivity contribution in [2.75, 3.05) is 20.8 Å². The summed E-state index contributed by atoms with van der Waals surface area (Å²) in [6, 6.07) is 7.43. The number of ether oxygens (including phenoxy) is 2. The van der Waals surface area contributed by atoms with Gasteiger partial charge in [0.1, 0.15) is 5.75 Å². The van der Waals surface area contributed by atoms with Crippen LogP contribution in [-0.4, -0.2) is 38.8 Å². The molecule has 2 rings (SSSR count). The summed E-state index contributed by atoms with van der Waals surface area (Å²) in [5, 5.41) is 6.19. The van der Waals surface area contributed by atoms with E-state index in [-0.39, 0.29) is 24.1 Å². The predicted molar refractivity (Wildman–Crippen MR) is 76.8 cm³/mol. The zero-order valence-corrected chi connectivity index (χ0v) is 12.2. The fraction of sp³-hybridized carbons (Fsp3) is 0.533. The van der Waals surface area contributed by atoms with E-state index in [0.29, 0.717) is 6.42 Å². The Bertz CT molecular complexity index is 464. The molecule has 0 aromatic heterocycles. The van der Waals surface area contributed by atoms with E-state index in [1.165, 1.54) is 0 Å². The number of rotatable bonds is 5. The minimum atomic E-state index is -0.183. The van der Waals surface area contributed by atoms with Gasteiger partial charge in [-0.1, -0.05) is 18.2 Å². The molecule has 1 aromatic carbocycles. The molecule has 0 saturated carbocycles. The van der Waals surface area contributed by atoms with Crippen molar-refractivity contribution in [1.82, 2.24) is 10.6 Å². The van der Waals surface area contributed by atoms with Crippen molar-refractivity contribution in [3.63, 3.8) is 0 Å². The second-order valence-electron chi connectivity index (χ2n) is 5.03. The monoisotopic (exact) mass is 278 g/mol. The molecule has 0 radical (unpaired) electrons. The summed E-state index contributed by atoms with van der Waals surface area (Å²) < 4.78 is 10.6. The average molecular weight is 278 g/mol. The van der Waals surface area contributed by atoms with Crippen LogP contribution in [0.4, 0.5) is 0 Å². The molecule has 110 valence electrons. The Labute approximate surface area is 119 Å². The molecular weight excluding hydrogens is 256 g/mol. The lowest BCUT2D eigenvalue weighted by Crippen LogP contribution is -2.41. The van der Waals surface area contributed by atoms with Crippen molar-refractivity contribution in [3.8, 4) is 5.75 Å². The van der Waals surface area contributed by atoms with Crippen molar-refractivity contribution in [3.05, 3.63) is 29.8 Å². The number of nitrogens with one attached hydrogen (secondary N) is 2. The summed E-state index contributed by atoms with van der Waals surface area (Å²) in [5.41, 5.74) is 0.977. The number of hydrogen-bond acceptors (Lipinski definition) is 4. The first-order valence-corrected chi connectivity index (χ1v) is 6.85. The number of carbonyl (C=O) groups is 1. The summed E-state index contributed by atoms with van der Waals surface area (Å²) >= 11 is 0. The highest BCUT2D eigenvalue weighted by atomic mass is 16.5. The second-order valence-corrected chi connectivity index (χ2v) is 5.03. The highest BCUT2D eigenvalue weighted by molar-refractivity contribution is 5.82. The summed E-state index contributed by atoms with van der Waals surface area (Å²) in [4.78, 5) is 12.2. The number of carbonyl (C=O) groups excluding carboxylic acids is 1. The average Bonchev–Trinajstić information content (AvgIpc) is 2.96. The van der Waals surface area contributed by atoms with E-state index in [0.717, 1.165) is 17.9 Å². The standard InChI is InChI=1S/C15H22N2O3/c1-10(12-6-4-5-7-14(12)20-3)17-15(18)13-8-11(19-2)9-16-13/h4-7,10-11,13,16H,8-9H2,1-3H3,(H,17,18)/t10-,11?,13?/m0/s1. The minimum Gasteiger partial charge on any atom is -0.496 e. The van der Waals surface area contributed by atoms with Crippen molar-refractivity contribution >= 4 is 5.91 Å². The van der Waals surface area contributed by atoms with Crippen molar-refractivity contribution in [2.24, 2.45) is 0 Å². The van der Waals surface area contributed by atoms with Crippen LogP contribution in [0, 0.1) is 0 Å². The van der Waals surface area contributed by atoms with E-state index < -0.39 is 0 Å². The fourth-order valence-corrected chi connectivity index (χ4v) is 2.50. The molecule has 2 unspecified atom stereocenters. The number of methoxy groups -OCH3 is 2. The van der Waals surface area contributed by atoms with Gasteiger partial charge in [-0.25, -0.2) is 0 Å². The van der Waals surface area contributed by atoms with Gasteiger partial charge in [0.25, 0.3) is 0 Å². The Morgan fingerprint density at radius 3 is 2.80 bits per heavy atom. The van der Waals surface area contributed by atoms with Crippen LogP contribution in [0.2, 0.25) is 0 Å². The summed E-state index contributed by atoms with van der Waals surface area (Å²) in [6.45, 7) is 2.68. The molecule has 1 heterocycles. The van der Waals surface area contributed by atoms with E-state index >= 15 is 0 Å². The Morgan fingerprint density at radius 1 is 1.40 bits per heavy atom. The third-order valence-corrected chi connectivity index (χ3v) is 3.70. The van der Waals surface area contributed by atoms with E-state index in [1.54, 1.807) is 14.2 Å². The van der Waals surface area contributed by atoms with Gasteiger partial charge in [-0.3, -0.25) is 4.79 Å². The lowest BCUT2D eigenvalue weighted by atomic mass is 10.1. The third kappa shape index (κ3) is 3.29. The highest BCUT2D eigenvalue weighted by Crippen LogP contribution is 2.24. The highest BCUT2D eigenvalue weighted by Gasteiger charge is 2.30. The number of hydrogen-bond donors (Lipinski definition) is 2. The van der Waals surface area contributed by atoms with Crippen LogP contribution >= 0.6 is 0 Å². The van der Waals surface area contributed by atoms with Gasteiger partial charge in [0, 0.05) is 19.2 Å². The van der Waals surface area contributed by atoms with Gasteiger partial charge in [0.15, 0.2) is 0 Å². The molecule has 3 atom stereocenters. The lowest BCUT2D eigenvalue weighted by Gasteiger charge is -2.19.